The fraction of sp³-hybridized carbons (Fsp3) is 0.455. The van der Waals surface area contributed by atoms with Gasteiger partial charge in [-0.15, -0.1) is 0 Å². The highest BCUT2D eigenvalue weighted by Crippen LogP contribution is 2.20. The summed E-state index contributed by atoms with van der Waals surface area (Å²) in [6, 6.07) is 0. The lowest BCUT2D eigenvalue weighted by molar-refractivity contribution is 0.821. The van der Waals surface area contributed by atoms with Crippen molar-refractivity contribution < 1.29 is 0 Å². The van der Waals surface area contributed by atoms with E-state index in [0.29, 0.717) is 0 Å². The first-order chi connectivity index (χ1) is 7.26. The molecule has 4 nitrogen and oxygen atoms in total. The molecule has 4 heteroatoms. The maximum Gasteiger partial charge on any atom is 0.141 e. The van der Waals surface area contributed by atoms with E-state index in [9.17, 15) is 0 Å². The number of hydrogen-bond acceptors (Lipinski definition) is 3. The Morgan fingerprint density at radius 2 is 2.20 bits per heavy atom. The first kappa shape index (κ1) is 10.1. The summed E-state index contributed by atoms with van der Waals surface area (Å²) in [5.74, 6) is 0.831. The van der Waals surface area contributed by atoms with Gasteiger partial charge in [0.05, 0.1) is 5.69 Å². The third kappa shape index (κ3) is 1.72. The molecular weight excluding hydrogens is 188 g/mol. The topological polar surface area (TPSA) is 53.6 Å². The number of hydrogen-bond donors (Lipinski definition) is 2. The van der Waals surface area contributed by atoms with Gasteiger partial charge in [-0.25, -0.2) is 9.97 Å². The van der Waals surface area contributed by atoms with E-state index in [1.165, 1.54) is 10.9 Å². The molecule has 0 aliphatic carbocycles. The average Bonchev–Trinajstić information content (AvgIpc) is 2.61. The predicted octanol–water partition coefficient (Wildman–Crippen LogP) is 1.55. The van der Waals surface area contributed by atoms with Crippen molar-refractivity contribution in [3.05, 3.63) is 23.3 Å². The molecule has 2 rings (SSSR count). The summed E-state index contributed by atoms with van der Waals surface area (Å²) in [7, 11) is 1.94. The van der Waals surface area contributed by atoms with E-state index in [1.807, 2.05) is 20.2 Å². The van der Waals surface area contributed by atoms with Crippen LogP contribution in [0.4, 0.5) is 0 Å². The van der Waals surface area contributed by atoms with Crippen molar-refractivity contribution in [1.82, 2.24) is 20.3 Å². The third-order valence-corrected chi connectivity index (χ3v) is 2.50. The van der Waals surface area contributed by atoms with Crippen molar-refractivity contribution in [3.63, 3.8) is 0 Å². The average molecular weight is 204 g/mol. The van der Waals surface area contributed by atoms with Crippen LogP contribution < -0.4 is 5.32 Å². The predicted molar refractivity (Wildman–Crippen MR) is 60.8 cm³/mol. The maximum atomic E-state index is 4.48. The van der Waals surface area contributed by atoms with Crippen LogP contribution in [0.15, 0.2) is 6.20 Å². The molecule has 0 bridgehead atoms. The fourth-order valence-electron chi connectivity index (χ4n) is 1.89. The normalized spacial score (nSPS) is 11.1. The van der Waals surface area contributed by atoms with Crippen LogP contribution in [-0.4, -0.2) is 22.0 Å². The summed E-state index contributed by atoms with van der Waals surface area (Å²) >= 11 is 0. The monoisotopic (exact) mass is 204 g/mol. The van der Waals surface area contributed by atoms with Gasteiger partial charge in [0.1, 0.15) is 11.5 Å². The SMILES string of the molecule is CCc1nc(C)nc2[nH]cc(CNC)c12. The molecule has 2 heterocycles. The van der Waals surface area contributed by atoms with Crippen molar-refractivity contribution in [3.8, 4) is 0 Å². The van der Waals surface area contributed by atoms with Crippen LogP contribution in [0, 0.1) is 6.92 Å². The summed E-state index contributed by atoms with van der Waals surface area (Å²) in [5.41, 5.74) is 3.32. The van der Waals surface area contributed by atoms with Gasteiger partial charge in [0.2, 0.25) is 0 Å². The zero-order valence-electron chi connectivity index (χ0n) is 9.39. The Kier molecular flexibility index (Phi) is 2.68. The molecular formula is C11H16N4. The van der Waals surface area contributed by atoms with Gasteiger partial charge in [0, 0.05) is 18.1 Å². The Hall–Kier alpha value is -1.42. The zero-order chi connectivity index (χ0) is 10.8. The van der Waals surface area contributed by atoms with Gasteiger partial charge in [0.15, 0.2) is 0 Å². The Balaban J connectivity index is 2.66. The van der Waals surface area contributed by atoms with Crippen LogP contribution in [0.2, 0.25) is 0 Å². The number of aryl methyl sites for hydroxylation is 2. The molecule has 0 radical (unpaired) electrons. The molecule has 0 aliphatic rings. The van der Waals surface area contributed by atoms with Gasteiger partial charge in [0.25, 0.3) is 0 Å². The molecule has 0 aromatic carbocycles. The van der Waals surface area contributed by atoms with Crippen LogP contribution in [0.3, 0.4) is 0 Å². The lowest BCUT2D eigenvalue weighted by Gasteiger charge is -2.03. The molecule has 2 N–H and O–H groups in total. The summed E-state index contributed by atoms with van der Waals surface area (Å²) in [5, 5.41) is 4.33. The Morgan fingerprint density at radius 3 is 2.87 bits per heavy atom. The molecule has 15 heavy (non-hydrogen) atoms. The number of nitrogens with one attached hydrogen (secondary N) is 2. The van der Waals surface area contributed by atoms with Crippen molar-refractivity contribution in [1.29, 1.82) is 0 Å². The van der Waals surface area contributed by atoms with Gasteiger partial charge in [-0.2, -0.15) is 0 Å². The molecule has 2 aromatic rings. The minimum Gasteiger partial charge on any atom is -0.346 e. The Morgan fingerprint density at radius 1 is 1.40 bits per heavy atom. The minimum absolute atomic E-state index is 0.831. The van der Waals surface area contributed by atoms with Crippen molar-refractivity contribution in [2.75, 3.05) is 7.05 Å². The second-order valence-electron chi connectivity index (χ2n) is 3.64. The first-order valence-electron chi connectivity index (χ1n) is 5.24. The molecule has 0 fully saturated rings. The molecule has 0 aliphatic heterocycles. The lowest BCUT2D eigenvalue weighted by atomic mass is 10.1. The van der Waals surface area contributed by atoms with E-state index in [0.717, 1.165) is 30.1 Å². The van der Waals surface area contributed by atoms with Gasteiger partial charge in [-0.05, 0) is 26.0 Å². The van der Waals surface area contributed by atoms with Gasteiger partial charge < -0.3 is 10.3 Å². The summed E-state index contributed by atoms with van der Waals surface area (Å²) in [6.45, 7) is 4.90. The van der Waals surface area contributed by atoms with E-state index >= 15 is 0 Å². The molecule has 0 atom stereocenters. The number of aromatic nitrogens is 3. The van der Waals surface area contributed by atoms with Crippen LogP contribution in [0.25, 0.3) is 11.0 Å². The molecule has 0 amide bonds. The van der Waals surface area contributed by atoms with E-state index in [4.69, 9.17) is 0 Å². The van der Waals surface area contributed by atoms with Gasteiger partial charge in [-0.3, -0.25) is 0 Å². The molecule has 80 valence electrons. The number of fused-ring (bicyclic) bond motifs is 1. The number of H-pyrrole nitrogens is 1. The molecule has 0 saturated heterocycles. The van der Waals surface area contributed by atoms with Crippen molar-refractivity contribution in [2.45, 2.75) is 26.8 Å². The van der Waals surface area contributed by atoms with Gasteiger partial charge in [-0.1, -0.05) is 6.92 Å². The molecule has 0 unspecified atom stereocenters. The quantitative estimate of drug-likeness (QED) is 0.797. The van der Waals surface area contributed by atoms with Crippen LogP contribution in [-0.2, 0) is 13.0 Å². The number of rotatable bonds is 3. The van der Waals surface area contributed by atoms with Crippen molar-refractivity contribution in [2.24, 2.45) is 0 Å². The van der Waals surface area contributed by atoms with Gasteiger partial charge >= 0.3 is 0 Å². The van der Waals surface area contributed by atoms with E-state index in [-0.39, 0.29) is 0 Å². The highest BCUT2D eigenvalue weighted by atomic mass is 15.0. The van der Waals surface area contributed by atoms with E-state index in [2.05, 4.69) is 27.2 Å². The highest BCUT2D eigenvalue weighted by molar-refractivity contribution is 5.82. The standard InChI is InChI=1S/C11H16N4/c1-4-9-10-8(5-12-3)6-13-11(10)15-7(2)14-9/h6,12H,4-5H2,1-3H3,(H,13,14,15). The van der Waals surface area contributed by atoms with Crippen LogP contribution in [0.5, 0.6) is 0 Å². The molecule has 0 saturated carbocycles. The summed E-state index contributed by atoms with van der Waals surface area (Å²) < 4.78 is 0. The maximum absolute atomic E-state index is 4.48. The molecule has 0 spiro atoms. The third-order valence-electron chi connectivity index (χ3n) is 2.50. The lowest BCUT2D eigenvalue weighted by Crippen LogP contribution is -2.05. The first-order valence-corrected chi connectivity index (χ1v) is 5.24. The zero-order valence-corrected chi connectivity index (χ0v) is 9.39. The van der Waals surface area contributed by atoms with Crippen LogP contribution in [0.1, 0.15) is 24.0 Å². The molecule has 2 aromatic heterocycles. The second kappa shape index (κ2) is 3.98. The summed E-state index contributed by atoms with van der Waals surface area (Å²) in [4.78, 5) is 12.1. The smallest absolute Gasteiger partial charge is 0.141 e. The minimum atomic E-state index is 0.831. The number of nitrogens with zero attached hydrogens (tertiary/aromatic N) is 2. The summed E-state index contributed by atoms with van der Waals surface area (Å²) in [6.07, 6.45) is 2.95. The Bertz CT molecular complexity index is 473. The largest absolute Gasteiger partial charge is 0.346 e. The Labute approximate surface area is 89.1 Å². The van der Waals surface area contributed by atoms with E-state index < -0.39 is 0 Å². The van der Waals surface area contributed by atoms with Crippen LogP contribution >= 0.6 is 0 Å². The number of aromatic amines is 1. The van der Waals surface area contributed by atoms with Crippen molar-refractivity contribution >= 4 is 11.0 Å². The fourth-order valence-corrected chi connectivity index (χ4v) is 1.89. The highest BCUT2D eigenvalue weighted by Gasteiger charge is 2.10. The second-order valence-corrected chi connectivity index (χ2v) is 3.64. The van der Waals surface area contributed by atoms with E-state index in [1.54, 1.807) is 0 Å².